The number of halogens is 4. The number of carbonyl (C=O) groups is 2. The van der Waals surface area contributed by atoms with E-state index in [1.165, 1.54) is 43.5 Å². The van der Waals surface area contributed by atoms with Crippen LogP contribution in [0.1, 0.15) is 0 Å². The molecule has 0 aliphatic heterocycles. The lowest BCUT2D eigenvalue weighted by Crippen LogP contribution is -2.35. The zero-order valence-corrected chi connectivity index (χ0v) is 16.8. The first-order valence-corrected chi connectivity index (χ1v) is 8.90. The first-order valence-electron chi connectivity index (χ1n) is 7.39. The summed E-state index contributed by atoms with van der Waals surface area (Å²) in [7, 11) is 1.29. The van der Waals surface area contributed by atoms with Crippen LogP contribution < -0.4 is 10.6 Å². The summed E-state index contributed by atoms with van der Waals surface area (Å²) in [5, 5.41) is 9.95. The maximum atomic E-state index is 12.5. The van der Waals surface area contributed by atoms with Crippen molar-refractivity contribution in [3.8, 4) is 0 Å². The molecule has 10 heteroatoms. The smallest absolute Gasteiger partial charge is 0.242 e. The monoisotopic (exact) mass is 447 g/mol. The summed E-state index contributed by atoms with van der Waals surface area (Å²) in [6.45, 7) is 0. The van der Waals surface area contributed by atoms with Crippen molar-refractivity contribution in [2.24, 2.45) is 11.1 Å². The second-order valence-corrected chi connectivity index (χ2v) is 6.96. The fourth-order valence-electron chi connectivity index (χ4n) is 2.07. The number of anilines is 2. The topological polar surface area (TPSA) is 79.8 Å². The molecule has 0 heterocycles. The first-order chi connectivity index (χ1) is 12.8. The second-order valence-electron chi connectivity index (χ2n) is 5.21. The van der Waals surface area contributed by atoms with E-state index in [1.54, 1.807) is 0 Å². The van der Waals surface area contributed by atoms with Crippen LogP contribution in [0.5, 0.6) is 0 Å². The Morgan fingerprint density at radius 3 is 1.56 bits per heavy atom. The van der Waals surface area contributed by atoms with Gasteiger partial charge in [-0.3, -0.25) is 9.59 Å². The summed E-state index contributed by atoms with van der Waals surface area (Å²) in [5.74, 6) is -2.64. The van der Waals surface area contributed by atoms with Crippen molar-refractivity contribution >= 4 is 75.8 Å². The van der Waals surface area contributed by atoms with Crippen molar-refractivity contribution in [2.75, 3.05) is 17.7 Å². The number of rotatable bonds is 6. The molecule has 2 aromatic rings. The Morgan fingerprint density at radius 1 is 0.852 bits per heavy atom. The Hall–Kier alpha value is -1.99. The van der Waals surface area contributed by atoms with Crippen molar-refractivity contribution in [3.05, 3.63) is 56.5 Å². The maximum Gasteiger partial charge on any atom is 0.242 e. The number of hydrogen-bond acceptors (Lipinski definition) is 4. The Bertz CT molecular complexity index is 784. The number of benzene rings is 2. The highest BCUT2D eigenvalue weighted by atomic mass is 35.5. The SMILES string of the molecule is CO/N=C\C(C(=O)Nc1cc(Cl)cc(Cl)c1)C(=O)Nc1cc(Cl)cc(Cl)c1. The van der Waals surface area contributed by atoms with Crippen LogP contribution in [-0.4, -0.2) is 25.1 Å². The molecule has 2 amide bonds. The molecule has 6 nitrogen and oxygen atoms in total. The van der Waals surface area contributed by atoms with E-state index < -0.39 is 17.7 Å². The van der Waals surface area contributed by atoms with Gasteiger partial charge in [-0.25, -0.2) is 0 Å². The van der Waals surface area contributed by atoms with Gasteiger partial charge in [0.15, 0.2) is 5.92 Å². The van der Waals surface area contributed by atoms with Crippen molar-refractivity contribution < 1.29 is 14.4 Å². The van der Waals surface area contributed by atoms with Crippen molar-refractivity contribution in [2.45, 2.75) is 0 Å². The predicted molar refractivity (Wildman–Crippen MR) is 109 cm³/mol. The van der Waals surface area contributed by atoms with Crippen LogP contribution >= 0.6 is 46.4 Å². The standard InChI is InChI=1S/C17H13Cl4N3O3/c1-27-22-8-15(16(25)23-13-4-9(18)2-10(19)5-13)17(26)24-14-6-11(20)3-12(21)7-14/h2-8,15H,1H3,(H,23,25)(H,24,26)/b22-8-. The van der Waals surface area contributed by atoms with Crippen LogP contribution in [0, 0.1) is 5.92 Å². The largest absolute Gasteiger partial charge is 0.399 e. The van der Waals surface area contributed by atoms with E-state index in [9.17, 15) is 9.59 Å². The molecule has 0 saturated carbocycles. The Balaban J connectivity index is 2.20. The minimum atomic E-state index is -1.31. The maximum absolute atomic E-state index is 12.5. The van der Waals surface area contributed by atoms with Gasteiger partial charge in [0.1, 0.15) is 7.11 Å². The molecule has 0 aromatic heterocycles. The van der Waals surface area contributed by atoms with Gasteiger partial charge in [-0.2, -0.15) is 0 Å². The van der Waals surface area contributed by atoms with Crippen molar-refractivity contribution in [1.82, 2.24) is 0 Å². The van der Waals surface area contributed by atoms with E-state index in [0.29, 0.717) is 31.5 Å². The molecule has 2 N–H and O–H groups in total. The number of carbonyl (C=O) groups excluding carboxylic acids is 2. The van der Waals surface area contributed by atoms with E-state index in [4.69, 9.17) is 46.4 Å². The van der Waals surface area contributed by atoms with Crippen LogP contribution in [0.25, 0.3) is 0 Å². The second kappa shape index (κ2) is 9.80. The molecule has 2 rings (SSSR count). The van der Waals surface area contributed by atoms with Crippen LogP contribution in [0.3, 0.4) is 0 Å². The summed E-state index contributed by atoms with van der Waals surface area (Å²) < 4.78 is 0. The highest BCUT2D eigenvalue weighted by Gasteiger charge is 2.26. The zero-order valence-electron chi connectivity index (χ0n) is 13.8. The van der Waals surface area contributed by atoms with Gasteiger partial charge in [0.2, 0.25) is 11.8 Å². The molecular weight excluding hydrogens is 436 g/mol. The average molecular weight is 449 g/mol. The molecule has 0 fully saturated rings. The van der Waals surface area contributed by atoms with E-state index >= 15 is 0 Å². The summed E-state index contributed by atoms with van der Waals surface area (Å²) in [4.78, 5) is 29.7. The van der Waals surface area contributed by atoms with Crippen LogP contribution in [0.2, 0.25) is 20.1 Å². The molecule has 27 heavy (non-hydrogen) atoms. The molecule has 142 valence electrons. The highest BCUT2D eigenvalue weighted by Crippen LogP contribution is 2.24. The van der Waals surface area contributed by atoms with Gasteiger partial charge in [-0.15, -0.1) is 0 Å². The number of oxime groups is 1. The lowest BCUT2D eigenvalue weighted by Gasteiger charge is -2.14. The fourth-order valence-corrected chi connectivity index (χ4v) is 3.12. The van der Waals surface area contributed by atoms with Gasteiger partial charge in [0.25, 0.3) is 0 Å². The molecule has 0 unspecified atom stereocenters. The van der Waals surface area contributed by atoms with Crippen LogP contribution in [0.15, 0.2) is 41.6 Å². The zero-order chi connectivity index (χ0) is 20.0. The molecule has 0 aliphatic rings. The third-order valence-corrected chi connectivity index (χ3v) is 4.01. The van der Waals surface area contributed by atoms with Gasteiger partial charge >= 0.3 is 0 Å². The Labute approximate surface area is 175 Å². The van der Waals surface area contributed by atoms with Crippen molar-refractivity contribution in [3.63, 3.8) is 0 Å². The van der Waals surface area contributed by atoms with Crippen molar-refractivity contribution in [1.29, 1.82) is 0 Å². The number of amides is 2. The quantitative estimate of drug-likeness (QED) is 0.365. The minimum absolute atomic E-state index is 0.326. The minimum Gasteiger partial charge on any atom is -0.399 e. The van der Waals surface area contributed by atoms with Crippen LogP contribution in [-0.2, 0) is 14.4 Å². The van der Waals surface area contributed by atoms with Crippen LogP contribution in [0.4, 0.5) is 11.4 Å². The van der Waals surface area contributed by atoms with Gasteiger partial charge < -0.3 is 15.5 Å². The predicted octanol–water partition coefficient (Wildman–Crippen LogP) is 5.13. The number of nitrogens with one attached hydrogen (secondary N) is 2. The molecule has 0 bridgehead atoms. The molecule has 0 saturated heterocycles. The number of nitrogens with zero attached hydrogens (tertiary/aromatic N) is 1. The normalized spacial score (nSPS) is 10.9. The summed E-state index contributed by atoms with van der Waals surface area (Å²) in [6.07, 6.45) is 1.06. The average Bonchev–Trinajstić information content (AvgIpc) is 2.53. The van der Waals surface area contributed by atoms with E-state index in [-0.39, 0.29) is 0 Å². The molecular formula is C17H13Cl4N3O3. The number of hydrogen-bond donors (Lipinski definition) is 2. The van der Waals surface area contributed by atoms with E-state index in [2.05, 4.69) is 20.6 Å². The highest BCUT2D eigenvalue weighted by molar-refractivity contribution is 6.36. The van der Waals surface area contributed by atoms with E-state index in [1.807, 2.05) is 0 Å². The molecule has 2 aromatic carbocycles. The van der Waals surface area contributed by atoms with Gasteiger partial charge in [-0.05, 0) is 36.4 Å². The van der Waals surface area contributed by atoms with Gasteiger partial charge in [-0.1, -0.05) is 51.6 Å². The summed E-state index contributed by atoms with van der Waals surface area (Å²) >= 11 is 23.6. The Morgan fingerprint density at radius 2 is 1.22 bits per heavy atom. The van der Waals surface area contributed by atoms with E-state index in [0.717, 1.165) is 6.21 Å². The fraction of sp³-hybridized carbons (Fsp3) is 0.118. The first kappa shape index (κ1) is 21.3. The van der Waals surface area contributed by atoms with Gasteiger partial charge in [0.05, 0.1) is 6.21 Å². The summed E-state index contributed by atoms with van der Waals surface area (Å²) in [6, 6.07) is 8.99. The summed E-state index contributed by atoms with van der Waals surface area (Å²) in [5.41, 5.74) is 0.652. The molecule has 0 spiro atoms. The third-order valence-electron chi connectivity index (χ3n) is 3.14. The molecule has 0 atom stereocenters. The molecule has 0 aliphatic carbocycles. The Kier molecular flexibility index (Phi) is 7.74. The lowest BCUT2D eigenvalue weighted by atomic mass is 10.1. The van der Waals surface area contributed by atoms with Gasteiger partial charge in [0, 0.05) is 31.5 Å². The third kappa shape index (κ3) is 6.59. The lowest BCUT2D eigenvalue weighted by molar-refractivity contribution is -0.126. The molecule has 0 radical (unpaired) electrons.